The molecule has 0 bridgehead atoms. The number of nitrogens with zero attached hydrogens (tertiary/aromatic N) is 3. The highest BCUT2D eigenvalue weighted by molar-refractivity contribution is 9.10. The number of thioether (sulfide) groups is 1. The van der Waals surface area contributed by atoms with Crippen LogP contribution >= 0.6 is 27.7 Å². The molecular weight excluding hydrogens is 485 g/mol. The Bertz CT molecular complexity index is 963. The van der Waals surface area contributed by atoms with E-state index in [0.29, 0.717) is 46.1 Å². The van der Waals surface area contributed by atoms with Crippen LogP contribution in [0.3, 0.4) is 0 Å². The molecule has 3 rings (SSSR count). The topological polar surface area (TPSA) is 63.5 Å². The molecule has 1 fully saturated rings. The van der Waals surface area contributed by atoms with Gasteiger partial charge in [0, 0.05) is 36.8 Å². The Kier molecular flexibility index (Phi) is 8.07. The molecule has 0 aliphatic carbocycles. The number of methoxy groups -OCH3 is 1. The summed E-state index contributed by atoms with van der Waals surface area (Å²) in [6.45, 7) is 7.02. The van der Waals surface area contributed by atoms with E-state index < -0.39 is 12.0 Å². The maximum absolute atomic E-state index is 13.8. The van der Waals surface area contributed by atoms with E-state index >= 15 is 0 Å². The molecule has 0 radical (unpaired) electrons. The van der Waals surface area contributed by atoms with Crippen molar-refractivity contribution in [1.82, 2.24) is 4.90 Å². The number of hydrogen-bond acceptors (Lipinski definition) is 7. The average molecular weight is 510 g/mol. The van der Waals surface area contributed by atoms with Crippen molar-refractivity contribution in [2.45, 2.75) is 19.4 Å². The molecule has 2 aliphatic rings. The monoisotopic (exact) mass is 509 g/mol. The zero-order valence-electron chi connectivity index (χ0n) is 17.7. The Morgan fingerprint density at radius 2 is 2.29 bits per heavy atom. The van der Waals surface area contributed by atoms with Crippen LogP contribution in [0.15, 0.2) is 55.9 Å². The van der Waals surface area contributed by atoms with Crippen LogP contribution in [0.4, 0.5) is 4.39 Å². The van der Waals surface area contributed by atoms with Gasteiger partial charge in [-0.05, 0) is 36.4 Å². The quantitative estimate of drug-likeness (QED) is 0.302. The predicted molar refractivity (Wildman–Crippen MR) is 126 cm³/mol. The molecule has 0 saturated carbocycles. The number of amidine groups is 1. The fourth-order valence-electron chi connectivity index (χ4n) is 3.89. The molecule has 0 amide bonds. The van der Waals surface area contributed by atoms with Crippen molar-refractivity contribution in [2.24, 2.45) is 15.9 Å². The smallest absolute Gasteiger partial charge is 0.338 e. The number of hydrogen-bond donors (Lipinski definition) is 0. The number of aliphatic imine (C=N–C) groups is 2. The van der Waals surface area contributed by atoms with Crippen molar-refractivity contribution in [3.8, 4) is 0 Å². The number of carbonyl (C=O) groups excluding carboxylic acids is 1. The minimum Gasteiger partial charge on any atom is -0.463 e. The molecule has 0 N–H and O–H groups in total. The number of esters is 1. The molecular formula is C22H25BrFN3O3S. The highest BCUT2D eigenvalue weighted by atomic mass is 79.9. The Balaban J connectivity index is 2.21. The molecule has 1 aromatic carbocycles. The number of halogens is 2. The first-order chi connectivity index (χ1) is 14.9. The van der Waals surface area contributed by atoms with Crippen LogP contribution in [0.25, 0.3) is 0 Å². The van der Waals surface area contributed by atoms with Crippen LogP contribution in [0.2, 0.25) is 0 Å². The van der Waals surface area contributed by atoms with Gasteiger partial charge in [-0.3, -0.25) is 9.98 Å². The normalized spacial score (nSPS) is 21.1. The van der Waals surface area contributed by atoms with E-state index in [1.54, 1.807) is 32.6 Å². The maximum Gasteiger partial charge on any atom is 0.338 e. The molecule has 166 valence electrons. The number of benzene rings is 1. The second kappa shape index (κ2) is 10.6. The SMILES string of the molecule is C=CSC(=NC)C1=NC(c2ccc(F)cc2Br)C(C(=O)OCC)=C2CC(COC)CN12. The maximum atomic E-state index is 13.8. The Hall–Kier alpha value is -1.97. The predicted octanol–water partition coefficient (Wildman–Crippen LogP) is 4.73. The lowest BCUT2D eigenvalue weighted by Crippen LogP contribution is -2.38. The van der Waals surface area contributed by atoms with Gasteiger partial charge < -0.3 is 14.4 Å². The number of ether oxygens (including phenoxy) is 2. The zero-order valence-corrected chi connectivity index (χ0v) is 20.1. The molecule has 0 spiro atoms. The average Bonchev–Trinajstić information content (AvgIpc) is 3.15. The molecule has 9 heteroatoms. The summed E-state index contributed by atoms with van der Waals surface area (Å²) < 4.78 is 25.1. The lowest BCUT2D eigenvalue weighted by atomic mass is 9.94. The van der Waals surface area contributed by atoms with E-state index in [0.717, 1.165) is 5.70 Å². The zero-order chi connectivity index (χ0) is 22.5. The summed E-state index contributed by atoms with van der Waals surface area (Å²) in [5.41, 5.74) is 2.00. The molecule has 0 aromatic heterocycles. The van der Waals surface area contributed by atoms with Crippen LogP contribution in [-0.4, -0.2) is 55.7 Å². The van der Waals surface area contributed by atoms with E-state index in [4.69, 9.17) is 14.5 Å². The van der Waals surface area contributed by atoms with E-state index in [2.05, 4.69) is 27.5 Å². The summed E-state index contributed by atoms with van der Waals surface area (Å²) in [7, 11) is 3.36. The first kappa shape index (κ1) is 23.7. The fourth-order valence-corrected chi connectivity index (χ4v) is 4.99. The second-order valence-electron chi connectivity index (χ2n) is 7.05. The van der Waals surface area contributed by atoms with Crippen molar-refractivity contribution < 1.29 is 18.7 Å². The lowest BCUT2D eigenvalue weighted by molar-refractivity contribution is -0.139. The van der Waals surface area contributed by atoms with Gasteiger partial charge in [0.2, 0.25) is 0 Å². The van der Waals surface area contributed by atoms with Gasteiger partial charge in [0.05, 0.1) is 18.8 Å². The Labute approximate surface area is 194 Å². The van der Waals surface area contributed by atoms with Crippen molar-refractivity contribution in [1.29, 1.82) is 0 Å². The third-order valence-electron chi connectivity index (χ3n) is 5.08. The summed E-state index contributed by atoms with van der Waals surface area (Å²) in [5.74, 6) is 0.0600. The van der Waals surface area contributed by atoms with Gasteiger partial charge in [0.25, 0.3) is 0 Å². The third kappa shape index (κ3) is 4.94. The van der Waals surface area contributed by atoms with E-state index in [1.165, 1.54) is 23.9 Å². The minimum atomic E-state index is -0.654. The van der Waals surface area contributed by atoms with Crippen molar-refractivity contribution in [3.05, 3.63) is 57.3 Å². The number of allylic oxidation sites excluding steroid dienone is 1. The van der Waals surface area contributed by atoms with Gasteiger partial charge in [-0.15, -0.1) is 0 Å². The first-order valence-electron chi connectivity index (χ1n) is 9.89. The van der Waals surface area contributed by atoms with Crippen LogP contribution < -0.4 is 0 Å². The van der Waals surface area contributed by atoms with Crippen molar-refractivity contribution in [2.75, 3.05) is 33.9 Å². The number of fused-ring (bicyclic) bond motifs is 1. The molecule has 2 unspecified atom stereocenters. The van der Waals surface area contributed by atoms with Crippen LogP contribution in [0, 0.1) is 11.7 Å². The van der Waals surface area contributed by atoms with Gasteiger partial charge in [0.15, 0.2) is 5.84 Å². The van der Waals surface area contributed by atoms with Crippen LogP contribution in [0.5, 0.6) is 0 Å². The summed E-state index contributed by atoms with van der Waals surface area (Å²) in [5, 5.41) is 2.39. The highest BCUT2D eigenvalue weighted by Crippen LogP contribution is 2.43. The third-order valence-corrected chi connectivity index (χ3v) is 6.53. The molecule has 6 nitrogen and oxygen atoms in total. The Morgan fingerprint density at radius 3 is 2.90 bits per heavy atom. The molecule has 2 atom stereocenters. The summed E-state index contributed by atoms with van der Waals surface area (Å²) in [4.78, 5) is 24.5. The summed E-state index contributed by atoms with van der Waals surface area (Å²) in [6.07, 6.45) is 0.645. The number of carbonyl (C=O) groups is 1. The molecule has 31 heavy (non-hydrogen) atoms. The van der Waals surface area contributed by atoms with Gasteiger partial charge in [-0.2, -0.15) is 0 Å². The molecule has 2 heterocycles. The fraction of sp³-hybridized carbons (Fsp3) is 0.409. The standard InChI is InChI=1S/C22H25BrFN3O3S/c1-5-30-22(28)18-17-9-13(12-29-4)11-27(17)20(21(25-3)31-6-2)26-19(18)15-8-7-14(24)10-16(15)23/h6-8,10,13,19H,2,5,9,11-12H2,1,3-4H3. The van der Waals surface area contributed by atoms with Gasteiger partial charge in [-0.25, -0.2) is 9.18 Å². The largest absolute Gasteiger partial charge is 0.463 e. The minimum absolute atomic E-state index is 0.192. The molecule has 1 aromatic rings. The van der Waals surface area contributed by atoms with E-state index in [-0.39, 0.29) is 18.3 Å². The van der Waals surface area contributed by atoms with Gasteiger partial charge >= 0.3 is 5.97 Å². The molecule has 2 aliphatic heterocycles. The van der Waals surface area contributed by atoms with Crippen molar-refractivity contribution >= 4 is 44.5 Å². The second-order valence-corrected chi connectivity index (χ2v) is 8.86. The summed E-state index contributed by atoms with van der Waals surface area (Å²) >= 11 is 4.81. The Morgan fingerprint density at radius 1 is 1.52 bits per heavy atom. The molecule has 1 saturated heterocycles. The van der Waals surface area contributed by atoms with Crippen LogP contribution in [0.1, 0.15) is 24.9 Å². The number of rotatable bonds is 7. The summed E-state index contributed by atoms with van der Waals surface area (Å²) in [6, 6.07) is 3.73. The highest BCUT2D eigenvalue weighted by Gasteiger charge is 2.42. The van der Waals surface area contributed by atoms with Crippen molar-refractivity contribution in [3.63, 3.8) is 0 Å². The van der Waals surface area contributed by atoms with E-state index in [9.17, 15) is 9.18 Å². The van der Waals surface area contributed by atoms with Gasteiger partial charge in [-0.1, -0.05) is 40.3 Å². The van der Waals surface area contributed by atoms with E-state index in [1.807, 2.05) is 4.90 Å². The first-order valence-corrected chi connectivity index (χ1v) is 11.6. The lowest BCUT2D eigenvalue weighted by Gasteiger charge is -2.32. The van der Waals surface area contributed by atoms with Gasteiger partial charge in [0.1, 0.15) is 16.9 Å². The van der Waals surface area contributed by atoms with Crippen LogP contribution in [-0.2, 0) is 14.3 Å².